The number of hydrogen-bond acceptors (Lipinski definition) is 3. The number of aromatic nitrogens is 2. The summed E-state index contributed by atoms with van der Waals surface area (Å²) >= 11 is 0. The number of hydrogen-bond donors (Lipinski definition) is 0. The van der Waals surface area contributed by atoms with Gasteiger partial charge in [-0.15, -0.1) is 5.10 Å². The highest BCUT2D eigenvalue weighted by Crippen LogP contribution is 2.19. The second-order valence-corrected chi connectivity index (χ2v) is 5.24. The van der Waals surface area contributed by atoms with Gasteiger partial charge in [-0.3, -0.25) is 4.68 Å². The molecular weight excluding hydrogens is 226 g/mol. The normalized spacial score (nSPS) is 18.8. The molecule has 1 aliphatic rings. The van der Waals surface area contributed by atoms with Gasteiger partial charge in [-0.1, -0.05) is 6.42 Å². The Morgan fingerprint density at radius 3 is 2.72 bits per heavy atom. The van der Waals surface area contributed by atoms with Crippen molar-refractivity contribution in [2.24, 2.45) is 0 Å². The van der Waals surface area contributed by atoms with E-state index < -0.39 is 0 Å². The van der Waals surface area contributed by atoms with Crippen LogP contribution in [0, 0.1) is 6.92 Å². The van der Waals surface area contributed by atoms with Gasteiger partial charge in [-0.05, 0) is 46.7 Å². The minimum Gasteiger partial charge on any atom is -0.477 e. The first-order chi connectivity index (χ1) is 8.70. The number of likely N-dealkylation sites (tertiary alicyclic amines) is 1. The SMILES string of the molecule is CCOc1nn(C(C)CN2CCCCC2)cc1C. The molecule has 1 aromatic heterocycles. The number of aryl methyl sites for hydroxylation is 1. The molecule has 0 bridgehead atoms. The van der Waals surface area contributed by atoms with Gasteiger partial charge in [0, 0.05) is 18.3 Å². The zero-order valence-electron chi connectivity index (χ0n) is 11.9. The van der Waals surface area contributed by atoms with Crippen LogP contribution in [0.3, 0.4) is 0 Å². The van der Waals surface area contributed by atoms with Crippen molar-refractivity contribution in [3.63, 3.8) is 0 Å². The van der Waals surface area contributed by atoms with Gasteiger partial charge in [-0.2, -0.15) is 0 Å². The van der Waals surface area contributed by atoms with Crippen LogP contribution in [0.2, 0.25) is 0 Å². The smallest absolute Gasteiger partial charge is 0.235 e. The molecule has 1 aliphatic heterocycles. The Morgan fingerprint density at radius 2 is 2.06 bits per heavy atom. The molecule has 4 nitrogen and oxygen atoms in total. The molecular formula is C14H25N3O. The molecule has 0 aromatic carbocycles. The Balaban J connectivity index is 1.95. The molecule has 4 heteroatoms. The van der Waals surface area contributed by atoms with E-state index in [1.54, 1.807) is 0 Å². The molecule has 0 aliphatic carbocycles. The quantitative estimate of drug-likeness (QED) is 0.806. The fourth-order valence-corrected chi connectivity index (χ4v) is 2.57. The zero-order valence-corrected chi connectivity index (χ0v) is 11.9. The van der Waals surface area contributed by atoms with E-state index in [0.717, 1.165) is 18.0 Å². The van der Waals surface area contributed by atoms with E-state index in [4.69, 9.17) is 4.74 Å². The number of piperidine rings is 1. The van der Waals surface area contributed by atoms with E-state index >= 15 is 0 Å². The Hall–Kier alpha value is -1.03. The average molecular weight is 251 g/mol. The molecule has 0 spiro atoms. The van der Waals surface area contributed by atoms with Crippen LogP contribution < -0.4 is 4.74 Å². The van der Waals surface area contributed by atoms with Crippen LogP contribution in [0.15, 0.2) is 6.20 Å². The maximum Gasteiger partial charge on any atom is 0.235 e. The van der Waals surface area contributed by atoms with E-state index in [0.29, 0.717) is 12.6 Å². The lowest BCUT2D eigenvalue weighted by Gasteiger charge is -2.29. The Kier molecular flexibility index (Phi) is 4.64. The van der Waals surface area contributed by atoms with Crippen LogP contribution in [0.1, 0.15) is 44.7 Å². The van der Waals surface area contributed by atoms with Crippen molar-refractivity contribution < 1.29 is 4.74 Å². The summed E-state index contributed by atoms with van der Waals surface area (Å²) in [6.07, 6.45) is 6.17. The highest BCUT2D eigenvalue weighted by Gasteiger charge is 2.16. The molecule has 0 saturated carbocycles. The molecule has 1 aromatic rings. The van der Waals surface area contributed by atoms with Gasteiger partial charge in [0.05, 0.1) is 12.6 Å². The zero-order chi connectivity index (χ0) is 13.0. The molecule has 0 amide bonds. The second-order valence-electron chi connectivity index (χ2n) is 5.24. The minimum absolute atomic E-state index is 0.413. The van der Waals surface area contributed by atoms with Crippen molar-refractivity contribution >= 4 is 0 Å². The molecule has 0 radical (unpaired) electrons. The fourth-order valence-electron chi connectivity index (χ4n) is 2.57. The predicted octanol–water partition coefficient (Wildman–Crippen LogP) is 2.64. The Bertz CT molecular complexity index is 369. The second kappa shape index (κ2) is 6.23. The van der Waals surface area contributed by atoms with Gasteiger partial charge < -0.3 is 9.64 Å². The van der Waals surface area contributed by atoms with Gasteiger partial charge in [0.15, 0.2) is 0 Å². The maximum absolute atomic E-state index is 5.51. The highest BCUT2D eigenvalue weighted by molar-refractivity contribution is 5.21. The Labute approximate surface area is 110 Å². The van der Waals surface area contributed by atoms with Crippen molar-refractivity contribution in [3.8, 4) is 5.88 Å². The topological polar surface area (TPSA) is 30.3 Å². The lowest BCUT2D eigenvalue weighted by molar-refractivity contribution is 0.196. The standard InChI is InChI=1S/C14H25N3O/c1-4-18-14-12(2)10-17(15-14)13(3)11-16-8-6-5-7-9-16/h10,13H,4-9,11H2,1-3H3. The summed E-state index contributed by atoms with van der Waals surface area (Å²) in [5.41, 5.74) is 1.13. The monoisotopic (exact) mass is 251 g/mol. The van der Waals surface area contributed by atoms with Crippen molar-refractivity contribution in [2.75, 3.05) is 26.2 Å². The first kappa shape index (κ1) is 13.4. The van der Waals surface area contributed by atoms with Crippen LogP contribution in [0.5, 0.6) is 5.88 Å². The van der Waals surface area contributed by atoms with E-state index in [-0.39, 0.29) is 0 Å². The molecule has 1 saturated heterocycles. The van der Waals surface area contributed by atoms with Gasteiger partial charge >= 0.3 is 0 Å². The highest BCUT2D eigenvalue weighted by atomic mass is 16.5. The molecule has 1 unspecified atom stereocenters. The molecule has 0 N–H and O–H groups in total. The third-order valence-corrected chi connectivity index (χ3v) is 3.57. The Morgan fingerprint density at radius 1 is 1.33 bits per heavy atom. The van der Waals surface area contributed by atoms with Crippen LogP contribution >= 0.6 is 0 Å². The summed E-state index contributed by atoms with van der Waals surface area (Å²) in [7, 11) is 0. The van der Waals surface area contributed by atoms with E-state index in [1.807, 2.05) is 6.92 Å². The third kappa shape index (κ3) is 3.25. The molecule has 1 fully saturated rings. The number of ether oxygens (including phenoxy) is 1. The first-order valence-electron chi connectivity index (χ1n) is 7.11. The van der Waals surface area contributed by atoms with Crippen LogP contribution in [-0.2, 0) is 0 Å². The van der Waals surface area contributed by atoms with E-state index in [9.17, 15) is 0 Å². The van der Waals surface area contributed by atoms with Gasteiger partial charge in [-0.25, -0.2) is 0 Å². The van der Waals surface area contributed by atoms with Crippen molar-refractivity contribution in [1.82, 2.24) is 14.7 Å². The van der Waals surface area contributed by atoms with Crippen molar-refractivity contribution in [2.45, 2.75) is 46.1 Å². The molecule has 18 heavy (non-hydrogen) atoms. The van der Waals surface area contributed by atoms with Gasteiger partial charge in [0.2, 0.25) is 5.88 Å². The molecule has 2 rings (SSSR count). The van der Waals surface area contributed by atoms with Crippen LogP contribution in [0.25, 0.3) is 0 Å². The average Bonchev–Trinajstić information content (AvgIpc) is 2.73. The van der Waals surface area contributed by atoms with Gasteiger partial charge in [0.25, 0.3) is 0 Å². The summed E-state index contributed by atoms with van der Waals surface area (Å²) < 4.78 is 7.56. The third-order valence-electron chi connectivity index (χ3n) is 3.57. The lowest BCUT2D eigenvalue weighted by atomic mass is 10.1. The summed E-state index contributed by atoms with van der Waals surface area (Å²) in [4.78, 5) is 2.55. The molecule has 1 atom stereocenters. The summed E-state index contributed by atoms with van der Waals surface area (Å²) in [6.45, 7) is 10.5. The van der Waals surface area contributed by atoms with Gasteiger partial charge in [0.1, 0.15) is 0 Å². The van der Waals surface area contributed by atoms with Crippen LogP contribution in [-0.4, -0.2) is 40.9 Å². The summed E-state index contributed by atoms with van der Waals surface area (Å²) in [6, 6.07) is 0.413. The molecule has 2 heterocycles. The predicted molar refractivity (Wildman–Crippen MR) is 73.1 cm³/mol. The first-order valence-corrected chi connectivity index (χ1v) is 7.11. The number of nitrogens with zero attached hydrogens (tertiary/aromatic N) is 3. The maximum atomic E-state index is 5.51. The van der Waals surface area contributed by atoms with Crippen LogP contribution in [0.4, 0.5) is 0 Å². The number of rotatable bonds is 5. The largest absolute Gasteiger partial charge is 0.477 e. The van der Waals surface area contributed by atoms with E-state index in [1.165, 1.54) is 32.4 Å². The fraction of sp³-hybridized carbons (Fsp3) is 0.786. The van der Waals surface area contributed by atoms with Crippen molar-refractivity contribution in [1.29, 1.82) is 0 Å². The molecule has 102 valence electrons. The lowest BCUT2D eigenvalue weighted by Crippen LogP contribution is -2.34. The minimum atomic E-state index is 0.413. The summed E-state index contributed by atoms with van der Waals surface area (Å²) in [5, 5.41) is 4.53. The van der Waals surface area contributed by atoms with E-state index in [2.05, 4.69) is 34.7 Å². The summed E-state index contributed by atoms with van der Waals surface area (Å²) in [5.74, 6) is 0.781. The van der Waals surface area contributed by atoms with Crippen molar-refractivity contribution in [3.05, 3.63) is 11.8 Å².